The molecule has 3 N–H and O–H groups in total. The molecule has 0 saturated carbocycles. The molecule has 0 fully saturated rings. The molecule has 1 heterocycles. The van der Waals surface area contributed by atoms with E-state index in [1.165, 1.54) is 0 Å². The third kappa shape index (κ3) is 2.24. The van der Waals surface area contributed by atoms with Crippen LogP contribution in [0.1, 0.15) is 0 Å². The predicted molar refractivity (Wildman–Crippen MR) is 78.7 cm³/mol. The van der Waals surface area contributed by atoms with Crippen LogP contribution < -0.4 is 11.1 Å². The molecule has 0 atom stereocenters. The number of aromatic nitrogens is 2. The molecular weight excluding hydrogens is 332 g/mol. The fraction of sp³-hybridized carbons (Fsp3) is 0. The summed E-state index contributed by atoms with van der Waals surface area (Å²) < 4.78 is 5.53. The van der Waals surface area contributed by atoms with Gasteiger partial charge in [-0.25, -0.2) is 4.63 Å². The molecule has 3 rings (SSSR count). The standard InChI is InChI=1S/C12H8BrClN4O/c13-7-5-6(1-2-8(7)14)16-10-4-3-9(15)11-12(10)18-19-17-11/h1-5,16H,15H2. The van der Waals surface area contributed by atoms with Gasteiger partial charge in [-0.15, -0.1) is 0 Å². The monoisotopic (exact) mass is 338 g/mol. The fourth-order valence-electron chi connectivity index (χ4n) is 1.72. The van der Waals surface area contributed by atoms with Crippen LogP contribution >= 0.6 is 27.5 Å². The Bertz CT molecular complexity index is 759. The van der Waals surface area contributed by atoms with E-state index in [2.05, 4.69) is 31.6 Å². The number of nitrogen functional groups attached to an aromatic ring is 1. The highest BCUT2D eigenvalue weighted by atomic mass is 79.9. The molecule has 0 amide bonds. The van der Waals surface area contributed by atoms with Gasteiger partial charge in [-0.2, -0.15) is 0 Å². The summed E-state index contributed by atoms with van der Waals surface area (Å²) in [6, 6.07) is 9.11. The van der Waals surface area contributed by atoms with Crippen molar-refractivity contribution in [1.29, 1.82) is 0 Å². The lowest BCUT2D eigenvalue weighted by atomic mass is 10.2. The summed E-state index contributed by atoms with van der Waals surface area (Å²) in [5.41, 5.74) is 9.08. The van der Waals surface area contributed by atoms with Crippen LogP contribution in [0.25, 0.3) is 11.0 Å². The number of benzene rings is 2. The number of nitrogens with one attached hydrogen (secondary N) is 1. The van der Waals surface area contributed by atoms with Gasteiger partial charge in [0.2, 0.25) is 0 Å². The molecule has 0 spiro atoms. The molecule has 0 aliphatic heterocycles. The molecule has 7 heteroatoms. The van der Waals surface area contributed by atoms with E-state index in [1.807, 2.05) is 18.2 Å². The van der Waals surface area contributed by atoms with Crippen LogP contribution in [0.5, 0.6) is 0 Å². The lowest BCUT2D eigenvalue weighted by molar-refractivity contribution is 0.316. The molecule has 3 aromatic rings. The Morgan fingerprint density at radius 1 is 1.16 bits per heavy atom. The van der Waals surface area contributed by atoms with Gasteiger partial charge in [-0.3, -0.25) is 0 Å². The molecule has 0 unspecified atom stereocenters. The Hall–Kier alpha value is -1.79. The van der Waals surface area contributed by atoms with Gasteiger partial charge in [-0.1, -0.05) is 11.6 Å². The third-order valence-electron chi connectivity index (χ3n) is 2.65. The van der Waals surface area contributed by atoms with Crippen molar-refractivity contribution in [3.63, 3.8) is 0 Å². The molecule has 0 radical (unpaired) electrons. The van der Waals surface area contributed by atoms with Crippen molar-refractivity contribution in [2.75, 3.05) is 11.1 Å². The van der Waals surface area contributed by atoms with E-state index in [9.17, 15) is 0 Å². The van der Waals surface area contributed by atoms with E-state index < -0.39 is 0 Å². The van der Waals surface area contributed by atoms with Crippen LogP contribution in [0.4, 0.5) is 17.1 Å². The molecular formula is C12H8BrClN4O. The van der Waals surface area contributed by atoms with Crippen LogP contribution in [0.15, 0.2) is 39.4 Å². The average Bonchev–Trinajstić information content (AvgIpc) is 2.87. The van der Waals surface area contributed by atoms with Crippen molar-refractivity contribution >= 4 is 55.6 Å². The topological polar surface area (TPSA) is 77.0 Å². The van der Waals surface area contributed by atoms with Crippen molar-refractivity contribution in [2.24, 2.45) is 0 Å². The number of fused-ring (bicyclic) bond motifs is 1. The van der Waals surface area contributed by atoms with Crippen molar-refractivity contribution in [3.8, 4) is 0 Å². The molecule has 0 saturated heterocycles. The summed E-state index contributed by atoms with van der Waals surface area (Å²) in [7, 11) is 0. The van der Waals surface area contributed by atoms with Crippen LogP contribution in [0.3, 0.4) is 0 Å². The maximum Gasteiger partial charge on any atom is 0.160 e. The van der Waals surface area contributed by atoms with Crippen molar-refractivity contribution < 1.29 is 4.63 Å². The number of anilines is 3. The van der Waals surface area contributed by atoms with E-state index in [-0.39, 0.29) is 0 Å². The Kier molecular flexibility index (Phi) is 3.04. The van der Waals surface area contributed by atoms with Crippen LogP contribution in [-0.2, 0) is 0 Å². The third-order valence-corrected chi connectivity index (χ3v) is 3.86. The number of hydrogen-bond acceptors (Lipinski definition) is 5. The molecule has 0 aliphatic rings. The van der Waals surface area contributed by atoms with E-state index in [1.54, 1.807) is 12.1 Å². The minimum Gasteiger partial charge on any atom is -0.397 e. The molecule has 0 aliphatic carbocycles. The Morgan fingerprint density at radius 2 is 1.95 bits per heavy atom. The maximum absolute atomic E-state index is 5.95. The quantitative estimate of drug-likeness (QED) is 0.691. The van der Waals surface area contributed by atoms with Gasteiger partial charge in [0.05, 0.1) is 16.4 Å². The van der Waals surface area contributed by atoms with Crippen LogP contribution in [-0.4, -0.2) is 10.3 Å². The SMILES string of the molecule is Nc1ccc(Nc2ccc(Cl)c(Br)c2)c2nonc12. The van der Waals surface area contributed by atoms with Crippen molar-refractivity contribution in [3.05, 3.63) is 39.8 Å². The minimum atomic E-state index is 0.527. The summed E-state index contributed by atoms with van der Waals surface area (Å²) >= 11 is 9.33. The highest BCUT2D eigenvalue weighted by Crippen LogP contribution is 2.30. The van der Waals surface area contributed by atoms with Crippen molar-refractivity contribution in [1.82, 2.24) is 10.3 Å². The maximum atomic E-state index is 5.95. The number of hydrogen-bond donors (Lipinski definition) is 2. The van der Waals surface area contributed by atoms with Gasteiger partial charge in [0.25, 0.3) is 0 Å². The number of rotatable bonds is 2. The first kappa shape index (κ1) is 12.3. The van der Waals surface area contributed by atoms with Gasteiger partial charge >= 0.3 is 0 Å². The van der Waals surface area contributed by atoms with E-state index in [0.29, 0.717) is 21.7 Å². The molecule has 5 nitrogen and oxygen atoms in total. The molecule has 19 heavy (non-hydrogen) atoms. The van der Waals surface area contributed by atoms with E-state index in [0.717, 1.165) is 15.8 Å². The zero-order chi connectivity index (χ0) is 13.4. The molecule has 2 aromatic carbocycles. The number of nitrogens with two attached hydrogens (primary N) is 1. The summed E-state index contributed by atoms with van der Waals surface area (Å²) in [6.45, 7) is 0. The Labute approximate surface area is 121 Å². The zero-order valence-corrected chi connectivity index (χ0v) is 11.9. The summed E-state index contributed by atoms with van der Waals surface area (Å²) in [5.74, 6) is 0. The van der Waals surface area contributed by atoms with Crippen LogP contribution in [0, 0.1) is 0 Å². The largest absolute Gasteiger partial charge is 0.397 e. The molecule has 1 aromatic heterocycles. The number of nitrogens with zero attached hydrogens (tertiary/aromatic N) is 2. The van der Waals surface area contributed by atoms with Gasteiger partial charge in [0.15, 0.2) is 11.0 Å². The highest BCUT2D eigenvalue weighted by Gasteiger charge is 2.10. The first-order valence-corrected chi connectivity index (χ1v) is 6.55. The second-order valence-corrected chi connectivity index (χ2v) is 5.18. The minimum absolute atomic E-state index is 0.527. The van der Waals surface area contributed by atoms with Crippen molar-refractivity contribution in [2.45, 2.75) is 0 Å². The smallest absolute Gasteiger partial charge is 0.160 e. The van der Waals surface area contributed by atoms with Gasteiger partial charge in [-0.05, 0) is 56.6 Å². The second kappa shape index (κ2) is 4.71. The summed E-state index contributed by atoms with van der Waals surface area (Å²) in [5, 5.41) is 11.5. The van der Waals surface area contributed by atoms with Gasteiger partial charge in [0.1, 0.15) is 0 Å². The first-order chi connectivity index (χ1) is 9.15. The van der Waals surface area contributed by atoms with Crippen LogP contribution in [0.2, 0.25) is 5.02 Å². The molecule has 0 bridgehead atoms. The van der Waals surface area contributed by atoms with E-state index in [4.69, 9.17) is 22.0 Å². The predicted octanol–water partition coefficient (Wildman–Crippen LogP) is 3.96. The van der Waals surface area contributed by atoms with Gasteiger partial charge < -0.3 is 11.1 Å². The Balaban J connectivity index is 2.03. The highest BCUT2D eigenvalue weighted by molar-refractivity contribution is 9.10. The lowest BCUT2D eigenvalue weighted by Crippen LogP contribution is -1.94. The number of halogens is 2. The normalized spacial score (nSPS) is 10.8. The summed E-state index contributed by atoms with van der Waals surface area (Å²) in [6.07, 6.45) is 0. The van der Waals surface area contributed by atoms with Gasteiger partial charge in [0, 0.05) is 10.2 Å². The zero-order valence-electron chi connectivity index (χ0n) is 9.52. The average molecular weight is 340 g/mol. The van der Waals surface area contributed by atoms with E-state index >= 15 is 0 Å². The first-order valence-electron chi connectivity index (χ1n) is 5.38. The fourth-order valence-corrected chi connectivity index (χ4v) is 2.21. The Morgan fingerprint density at radius 3 is 2.74 bits per heavy atom. The second-order valence-electron chi connectivity index (χ2n) is 3.92. The lowest BCUT2D eigenvalue weighted by Gasteiger charge is -2.08. The summed E-state index contributed by atoms with van der Waals surface area (Å²) in [4.78, 5) is 0. The molecule has 96 valence electrons.